The van der Waals surface area contributed by atoms with Gasteiger partial charge in [0.2, 0.25) is 0 Å². The first-order chi connectivity index (χ1) is 15.3. The van der Waals surface area contributed by atoms with Gasteiger partial charge in [0, 0.05) is 24.4 Å². The van der Waals surface area contributed by atoms with Crippen molar-refractivity contribution in [1.82, 2.24) is 19.9 Å². The van der Waals surface area contributed by atoms with E-state index in [4.69, 9.17) is 0 Å². The Hall–Kier alpha value is -3.21. The minimum atomic E-state index is -4.59. The molecule has 0 saturated carbocycles. The van der Waals surface area contributed by atoms with Gasteiger partial charge >= 0.3 is 6.18 Å². The van der Waals surface area contributed by atoms with Crippen LogP contribution in [0.25, 0.3) is 11.3 Å². The fourth-order valence-corrected chi connectivity index (χ4v) is 3.64. The summed E-state index contributed by atoms with van der Waals surface area (Å²) < 4.78 is 61.7. The van der Waals surface area contributed by atoms with Gasteiger partial charge < -0.3 is 0 Å². The molecule has 2 heterocycles. The second-order valence-electron chi connectivity index (χ2n) is 8.14. The third kappa shape index (κ3) is 6.19. The van der Waals surface area contributed by atoms with Crippen molar-refractivity contribution in [2.24, 2.45) is 0 Å². The first kappa shape index (κ1) is 24.4. The summed E-state index contributed by atoms with van der Waals surface area (Å²) in [6, 6.07) is 8.00. The highest BCUT2D eigenvalue weighted by atomic mass is 32.2. The predicted molar refractivity (Wildman–Crippen MR) is 115 cm³/mol. The van der Waals surface area contributed by atoms with Gasteiger partial charge in [-0.2, -0.15) is 13.2 Å². The van der Waals surface area contributed by atoms with Gasteiger partial charge in [-0.15, -0.1) is 0 Å². The summed E-state index contributed by atoms with van der Waals surface area (Å²) in [5, 5.41) is 0. The number of halogens is 3. The zero-order valence-electron chi connectivity index (χ0n) is 18.1. The van der Waals surface area contributed by atoms with Crippen LogP contribution in [0.4, 0.5) is 13.2 Å². The zero-order valence-corrected chi connectivity index (χ0v) is 18.9. The van der Waals surface area contributed by atoms with Crippen LogP contribution in [0, 0.1) is 0 Å². The molecule has 0 aliphatic heterocycles. The molecular formula is C22H21F3N4O3S. The Balaban J connectivity index is 1.77. The molecule has 2 aromatic heterocycles. The third-order valence-electron chi connectivity index (χ3n) is 4.97. The van der Waals surface area contributed by atoms with E-state index in [0.29, 0.717) is 23.0 Å². The second-order valence-corrected chi connectivity index (χ2v) is 10.3. The number of sulfone groups is 1. The molecule has 0 N–H and O–H groups in total. The Kier molecular flexibility index (Phi) is 6.64. The number of hydrogen-bond acceptors (Lipinski definition) is 7. The number of carbonyl (C=O) groups excluding carboxylic acids is 1. The number of rotatable bonds is 7. The minimum absolute atomic E-state index is 0.0486. The lowest BCUT2D eigenvalue weighted by molar-refractivity contribution is -0.141. The molecule has 0 bridgehead atoms. The van der Waals surface area contributed by atoms with Crippen molar-refractivity contribution >= 4 is 15.6 Å². The Labute approximate surface area is 189 Å². The number of nitrogens with zero attached hydrogens (tertiary/aromatic N) is 4. The maximum atomic E-state index is 13.0. The summed E-state index contributed by atoms with van der Waals surface area (Å²) in [4.78, 5) is 28.4. The smallest absolute Gasteiger partial charge is 0.298 e. The van der Waals surface area contributed by atoms with Crippen molar-refractivity contribution in [2.45, 2.75) is 37.6 Å². The molecule has 0 spiro atoms. The normalized spacial score (nSPS) is 12.5. The van der Waals surface area contributed by atoms with E-state index in [-0.39, 0.29) is 29.5 Å². The predicted octanol–water partition coefficient (Wildman–Crippen LogP) is 3.59. The van der Waals surface area contributed by atoms with Crippen LogP contribution < -0.4 is 0 Å². The molecule has 7 nitrogen and oxygen atoms in total. The lowest BCUT2D eigenvalue weighted by atomic mass is 9.81. The molecule has 3 aromatic rings. The van der Waals surface area contributed by atoms with Crippen LogP contribution in [-0.2, 0) is 38.4 Å². The highest BCUT2D eigenvalue weighted by Gasteiger charge is 2.33. The minimum Gasteiger partial charge on any atom is -0.298 e. The van der Waals surface area contributed by atoms with Crippen LogP contribution in [0.5, 0.6) is 0 Å². The number of hydrogen-bond donors (Lipinski definition) is 0. The monoisotopic (exact) mass is 478 g/mol. The largest absolute Gasteiger partial charge is 0.434 e. The maximum absolute atomic E-state index is 13.0. The molecule has 3 rings (SSSR count). The molecule has 0 atom stereocenters. The number of ketones is 1. The molecule has 11 heteroatoms. The topological polar surface area (TPSA) is 103 Å². The SMILES string of the molecule is CC(C)(C(=O)Cc1ccc(-c2cncc(C(F)(F)F)n2)cc1)c1ccnc(CS(C)(=O)=O)n1. The summed E-state index contributed by atoms with van der Waals surface area (Å²) in [5.41, 5.74) is -0.534. The molecule has 33 heavy (non-hydrogen) atoms. The van der Waals surface area contributed by atoms with Gasteiger partial charge in [0.05, 0.1) is 29.2 Å². The van der Waals surface area contributed by atoms with E-state index < -0.39 is 27.1 Å². The van der Waals surface area contributed by atoms with Gasteiger partial charge in [-0.1, -0.05) is 24.3 Å². The average molecular weight is 478 g/mol. The van der Waals surface area contributed by atoms with Crippen LogP contribution in [0.15, 0.2) is 48.9 Å². The van der Waals surface area contributed by atoms with Gasteiger partial charge in [-0.05, 0) is 25.5 Å². The maximum Gasteiger partial charge on any atom is 0.434 e. The van der Waals surface area contributed by atoms with Crippen LogP contribution in [-0.4, -0.2) is 40.4 Å². The highest BCUT2D eigenvalue weighted by molar-refractivity contribution is 7.89. The van der Waals surface area contributed by atoms with Crippen molar-refractivity contribution in [2.75, 3.05) is 6.26 Å². The van der Waals surface area contributed by atoms with E-state index >= 15 is 0 Å². The number of benzene rings is 1. The Bertz CT molecular complexity index is 1270. The molecule has 1 aromatic carbocycles. The summed E-state index contributed by atoms with van der Waals surface area (Å²) >= 11 is 0. The Morgan fingerprint density at radius 2 is 1.64 bits per heavy atom. The quantitative estimate of drug-likeness (QED) is 0.511. The number of carbonyl (C=O) groups is 1. The summed E-state index contributed by atoms with van der Waals surface area (Å²) in [5.74, 6) is -0.383. The van der Waals surface area contributed by atoms with E-state index in [0.717, 1.165) is 6.26 Å². The molecule has 0 aliphatic carbocycles. The number of alkyl halides is 3. The molecule has 0 saturated heterocycles. The first-order valence-electron chi connectivity index (χ1n) is 9.78. The first-order valence-corrected chi connectivity index (χ1v) is 11.8. The summed E-state index contributed by atoms with van der Waals surface area (Å²) in [6.07, 6.45) is -0.151. The van der Waals surface area contributed by atoms with Crippen molar-refractivity contribution in [3.63, 3.8) is 0 Å². The highest BCUT2D eigenvalue weighted by Crippen LogP contribution is 2.29. The van der Waals surface area contributed by atoms with E-state index in [9.17, 15) is 26.4 Å². The van der Waals surface area contributed by atoms with Crippen LogP contribution >= 0.6 is 0 Å². The Morgan fingerprint density at radius 3 is 2.24 bits per heavy atom. The van der Waals surface area contributed by atoms with Crippen LogP contribution in [0.2, 0.25) is 0 Å². The van der Waals surface area contributed by atoms with Crippen molar-refractivity contribution in [1.29, 1.82) is 0 Å². The molecule has 0 aliphatic rings. The lowest BCUT2D eigenvalue weighted by Crippen LogP contribution is -2.32. The Morgan fingerprint density at radius 1 is 0.970 bits per heavy atom. The van der Waals surface area contributed by atoms with Crippen LogP contribution in [0.3, 0.4) is 0 Å². The summed E-state index contributed by atoms with van der Waals surface area (Å²) in [6.45, 7) is 3.38. The molecule has 0 unspecified atom stereocenters. The van der Waals surface area contributed by atoms with E-state index in [1.807, 2.05) is 0 Å². The zero-order chi connectivity index (χ0) is 24.4. The van der Waals surface area contributed by atoms with E-state index in [1.54, 1.807) is 44.2 Å². The van der Waals surface area contributed by atoms with Crippen molar-refractivity contribution < 1.29 is 26.4 Å². The molecule has 0 fully saturated rings. The average Bonchev–Trinajstić information content (AvgIpc) is 2.72. The van der Waals surface area contributed by atoms with E-state index in [1.165, 1.54) is 12.4 Å². The molecule has 0 radical (unpaired) electrons. The van der Waals surface area contributed by atoms with E-state index in [2.05, 4.69) is 19.9 Å². The molecule has 174 valence electrons. The number of Topliss-reactive ketones (excluding diaryl/α,β-unsaturated/α-hetero) is 1. The lowest BCUT2D eigenvalue weighted by Gasteiger charge is -2.23. The molecule has 0 amide bonds. The fourth-order valence-electron chi connectivity index (χ4n) is 3.04. The van der Waals surface area contributed by atoms with Gasteiger partial charge in [0.25, 0.3) is 0 Å². The summed E-state index contributed by atoms with van der Waals surface area (Å²) in [7, 11) is -3.33. The number of aromatic nitrogens is 4. The molecular weight excluding hydrogens is 457 g/mol. The van der Waals surface area contributed by atoms with Crippen molar-refractivity contribution in [3.8, 4) is 11.3 Å². The van der Waals surface area contributed by atoms with Gasteiger partial charge in [0.15, 0.2) is 15.5 Å². The van der Waals surface area contributed by atoms with Crippen LogP contribution in [0.1, 0.15) is 36.6 Å². The van der Waals surface area contributed by atoms with Crippen molar-refractivity contribution in [3.05, 3.63) is 71.7 Å². The van der Waals surface area contributed by atoms with Gasteiger partial charge in [-0.25, -0.2) is 23.4 Å². The standard InChI is InChI=1S/C22H21F3N4O3S/c1-21(2,17-8-9-27-20(29-17)13-33(3,31)32)19(30)10-14-4-6-15(7-5-14)16-11-26-12-18(28-16)22(23,24)25/h4-9,11-12H,10,13H2,1-3H3. The third-order valence-corrected chi connectivity index (χ3v) is 5.76. The van der Waals surface area contributed by atoms with Gasteiger partial charge in [-0.3, -0.25) is 9.78 Å². The van der Waals surface area contributed by atoms with Gasteiger partial charge in [0.1, 0.15) is 17.4 Å². The fraction of sp³-hybridized carbons (Fsp3) is 0.318. The second kappa shape index (κ2) is 8.97.